The lowest BCUT2D eigenvalue weighted by molar-refractivity contribution is -0.109. The van der Waals surface area contributed by atoms with Gasteiger partial charge in [-0.1, -0.05) is 9.24 Å². The fraction of sp³-hybridized carbons (Fsp3) is 0.500. The van der Waals surface area contributed by atoms with Crippen molar-refractivity contribution in [2.24, 2.45) is 0 Å². The molecule has 0 spiro atoms. The van der Waals surface area contributed by atoms with Crippen LogP contribution >= 0.6 is 66.3 Å². The third-order valence-corrected chi connectivity index (χ3v) is 0. The quantitative estimate of drug-likeness (QED) is 0.602. The van der Waals surface area contributed by atoms with E-state index in [0.717, 1.165) is 0 Å². The highest BCUT2D eigenvalue weighted by Gasteiger charge is 1.62. The van der Waals surface area contributed by atoms with E-state index in [2.05, 4.69) is 0 Å². The molecule has 0 radical (unpaired) electrons. The predicted molar refractivity (Wildman–Crippen MR) is 64.3 cm³/mol. The van der Waals surface area contributed by atoms with E-state index in [4.69, 9.17) is 0 Å². The number of rotatable bonds is 0. The maximum atomic E-state index is 9.41. The largest absolute Gasteiger partial charge is 0.296 e. The van der Waals surface area contributed by atoms with Crippen LogP contribution in [0.2, 0.25) is 0 Å². The van der Waals surface area contributed by atoms with E-state index in [1.54, 1.807) is 0 Å². The topological polar surface area (TPSA) is 17.1 Å². The van der Waals surface area contributed by atoms with E-state index in [-0.39, 0.29) is 62.5 Å². The fourth-order valence-corrected chi connectivity index (χ4v) is 0. The van der Waals surface area contributed by atoms with E-state index in [0.29, 0.717) is 0 Å². The smallest absolute Gasteiger partial charge is 0.145 e. The van der Waals surface area contributed by atoms with Crippen LogP contribution < -0.4 is 0 Å². The Labute approximate surface area is 83.6 Å². The van der Waals surface area contributed by atoms with Gasteiger partial charge in [0.1, 0.15) is 5.52 Å². The minimum absolute atomic E-state index is 0. The summed E-state index contributed by atoms with van der Waals surface area (Å²) in [5.41, 5.74) is 0.0833. The van der Waals surface area contributed by atoms with Gasteiger partial charge >= 0.3 is 0 Å². The fourth-order valence-electron chi connectivity index (χ4n) is 0. The number of carbonyl (C=O) groups excluding carboxylic acids is 1. The Hall–Kier alpha value is 1.83. The van der Waals surface area contributed by atoms with Crippen molar-refractivity contribution in [3.05, 3.63) is 0 Å². The summed E-state index contributed by atoms with van der Waals surface area (Å²) in [5.74, 6) is 0. The minimum Gasteiger partial charge on any atom is -0.296 e. The first-order valence-electron chi connectivity index (χ1n) is 0.993. The molecule has 0 bridgehead atoms. The van der Waals surface area contributed by atoms with Gasteiger partial charge in [0.2, 0.25) is 0 Å². The van der Waals surface area contributed by atoms with Gasteiger partial charge in [-0.15, -0.1) is 37.2 Å². The van der Waals surface area contributed by atoms with Crippen molar-refractivity contribution >= 4 is 71.8 Å². The lowest BCUT2D eigenvalue weighted by Gasteiger charge is -1.56. The molecule has 0 heterocycles. The molecule has 0 saturated heterocycles. The maximum Gasteiger partial charge on any atom is 0.145 e. The monoisotopic (exact) mass is 252 g/mol. The van der Waals surface area contributed by atoms with Gasteiger partial charge in [-0.3, -0.25) is 4.79 Å². The summed E-state index contributed by atoms with van der Waals surface area (Å²) in [5, 5.41) is 0. The minimum atomic E-state index is 0. The molecule has 0 N–H and O–H groups in total. The van der Waals surface area contributed by atoms with Gasteiger partial charge in [-0.2, -0.15) is 19.8 Å². The van der Waals surface area contributed by atoms with Gasteiger partial charge in [-0.25, -0.2) is 0 Å². The van der Waals surface area contributed by atoms with Crippen LogP contribution in [0.4, 0.5) is 0 Å². The van der Waals surface area contributed by atoms with E-state index in [9.17, 15) is 4.79 Å². The third-order valence-electron chi connectivity index (χ3n) is 0. The molecule has 3 unspecified atom stereocenters. The zero-order chi connectivity index (χ0) is 3.58. The molecule has 3 atom stereocenters. The van der Waals surface area contributed by atoms with E-state index in [1.165, 1.54) is 6.92 Å². The molecule has 1 nitrogen and oxygen atoms in total. The third kappa shape index (κ3) is 180. The lowest BCUT2D eigenvalue weighted by atomic mass is 10.9. The first-order valence-corrected chi connectivity index (χ1v) is 1.57. The number of hydrogen-bond donors (Lipinski definition) is 0. The molecular formula is C2H14Cl3OP3. The predicted octanol–water partition coefficient (Wildman–Crippen LogP) is 1.79. The second kappa shape index (κ2) is 32.9. The molecule has 0 aromatic heterocycles. The van der Waals surface area contributed by atoms with Crippen molar-refractivity contribution in [1.82, 2.24) is 0 Å². The van der Waals surface area contributed by atoms with Crippen LogP contribution in [0.3, 0.4) is 0 Å². The van der Waals surface area contributed by atoms with Crippen LogP contribution in [0.1, 0.15) is 6.92 Å². The van der Waals surface area contributed by atoms with Crippen molar-refractivity contribution in [2.75, 3.05) is 0 Å². The van der Waals surface area contributed by atoms with Gasteiger partial charge < -0.3 is 0 Å². The lowest BCUT2D eigenvalue weighted by Crippen LogP contribution is -1.60. The summed E-state index contributed by atoms with van der Waals surface area (Å²) >= 11 is 0. The summed E-state index contributed by atoms with van der Waals surface area (Å²) < 4.78 is 0. The summed E-state index contributed by atoms with van der Waals surface area (Å²) in [7, 11) is 2.02. The molecule has 7 heteroatoms. The van der Waals surface area contributed by atoms with Crippen molar-refractivity contribution in [2.45, 2.75) is 6.92 Å². The molecule has 64 valence electrons. The summed E-state index contributed by atoms with van der Waals surface area (Å²) in [4.78, 5) is 9.41. The van der Waals surface area contributed by atoms with Gasteiger partial charge in [0.15, 0.2) is 0 Å². The van der Waals surface area contributed by atoms with Crippen LogP contribution in [0.15, 0.2) is 0 Å². The van der Waals surface area contributed by atoms with E-state index < -0.39 is 0 Å². The summed E-state index contributed by atoms with van der Waals surface area (Å²) in [6.07, 6.45) is 0. The molecule has 0 aromatic carbocycles. The number of carbonyl (C=O) groups is 1. The highest BCUT2D eigenvalue weighted by Crippen LogP contribution is 1.74. The van der Waals surface area contributed by atoms with Gasteiger partial charge in [0.25, 0.3) is 0 Å². The van der Waals surface area contributed by atoms with Crippen molar-refractivity contribution in [1.29, 1.82) is 0 Å². The average Bonchev–Trinajstić information content (AvgIpc) is 0.811. The van der Waals surface area contributed by atoms with Crippen molar-refractivity contribution < 1.29 is 4.79 Å². The van der Waals surface area contributed by atoms with Crippen LogP contribution in [-0.2, 0) is 4.79 Å². The Bertz CT molecular complexity index is 40.0. The average molecular weight is 253 g/mol. The second-order valence-electron chi connectivity index (χ2n) is 0.611. The van der Waals surface area contributed by atoms with Crippen molar-refractivity contribution in [3.63, 3.8) is 0 Å². The zero-order valence-electron chi connectivity index (χ0n) is 5.12. The van der Waals surface area contributed by atoms with Crippen LogP contribution in [0, 0.1) is 0 Å². The Morgan fingerprint density at radius 2 is 1.11 bits per heavy atom. The first-order chi connectivity index (χ1) is 1.73. The highest BCUT2D eigenvalue weighted by atomic mass is 35.5. The second-order valence-corrected chi connectivity index (χ2v) is 1.42. The maximum absolute atomic E-state index is 9.41. The van der Waals surface area contributed by atoms with Gasteiger partial charge in [0, 0.05) is 0 Å². The van der Waals surface area contributed by atoms with Crippen LogP contribution in [0.25, 0.3) is 0 Å². The molecule has 0 fully saturated rings. The molecular weight excluding hydrogens is 239 g/mol. The number of hydrogen-bond acceptors (Lipinski definition) is 1. The molecule has 0 aliphatic carbocycles. The Kier molecular flexibility index (Phi) is 164. The molecule has 0 amide bonds. The van der Waals surface area contributed by atoms with Gasteiger partial charge in [0.05, 0.1) is 0 Å². The molecule has 9 heavy (non-hydrogen) atoms. The molecule has 0 saturated carbocycles. The van der Waals surface area contributed by atoms with E-state index in [1.807, 2.05) is 9.24 Å². The summed E-state index contributed by atoms with van der Waals surface area (Å²) in [6, 6.07) is 0. The SMILES string of the molecule is CC(=O)P.Cl.Cl.Cl.P.P. The zero-order valence-corrected chi connectivity index (χ0v) is 11.6. The van der Waals surface area contributed by atoms with Crippen LogP contribution in [0.5, 0.6) is 0 Å². The van der Waals surface area contributed by atoms with Crippen LogP contribution in [-0.4, -0.2) is 5.52 Å². The normalized spacial score (nSPS) is 2.89. The summed E-state index contributed by atoms with van der Waals surface area (Å²) in [6.45, 7) is 1.49. The molecule has 0 aromatic rings. The molecule has 0 aliphatic heterocycles. The molecule has 0 rings (SSSR count). The Morgan fingerprint density at radius 3 is 1.11 bits per heavy atom. The Balaban J connectivity index is -0.00000000450. The molecule has 0 aliphatic rings. The highest BCUT2D eigenvalue weighted by molar-refractivity contribution is 7.39. The van der Waals surface area contributed by atoms with Crippen molar-refractivity contribution in [3.8, 4) is 0 Å². The standard InChI is InChI=1S/C2H5OP.3ClH.2H3P/c1-2(3)4;;;;;/h4H2,1H3;3*1H;2*1H3. The first kappa shape index (κ1) is 44.9. The van der Waals surface area contributed by atoms with Gasteiger partial charge in [-0.05, 0) is 6.92 Å². The Morgan fingerprint density at radius 1 is 1.11 bits per heavy atom. The van der Waals surface area contributed by atoms with E-state index >= 15 is 0 Å². The number of halogens is 3.